The van der Waals surface area contributed by atoms with Gasteiger partial charge in [-0.15, -0.1) is 0 Å². The van der Waals surface area contributed by atoms with E-state index in [1.807, 2.05) is 32.0 Å². The summed E-state index contributed by atoms with van der Waals surface area (Å²) in [4.78, 5) is 28.5. The second kappa shape index (κ2) is 9.70. The number of amides is 2. The third-order valence-electron chi connectivity index (χ3n) is 5.48. The van der Waals surface area contributed by atoms with Crippen LogP contribution in [0.4, 0.5) is 11.4 Å². The fourth-order valence-electron chi connectivity index (χ4n) is 3.89. The summed E-state index contributed by atoms with van der Waals surface area (Å²) in [5, 5.41) is 3.18. The van der Waals surface area contributed by atoms with E-state index in [0.29, 0.717) is 40.8 Å². The molecule has 3 aromatic rings. The Morgan fingerprint density at radius 3 is 2.24 bits per heavy atom. The molecule has 1 heterocycles. The molecular formula is C27H26N2O5. The highest BCUT2D eigenvalue weighted by Crippen LogP contribution is 2.39. The minimum Gasteiger partial charge on any atom is -0.495 e. The third-order valence-corrected chi connectivity index (χ3v) is 5.48. The highest BCUT2D eigenvalue weighted by molar-refractivity contribution is 6.46. The van der Waals surface area contributed by atoms with Gasteiger partial charge in [0, 0.05) is 0 Å². The molecule has 1 N–H and O–H groups in total. The van der Waals surface area contributed by atoms with Gasteiger partial charge in [0.25, 0.3) is 11.8 Å². The molecule has 7 heteroatoms. The van der Waals surface area contributed by atoms with Gasteiger partial charge >= 0.3 is 0 Å². The average Bonchev–Trinajstić information content (AvgIpc) is 3.09. The summed E-state index contributed by atoms with van der Waals surface area (Å²) < 4.78 is 16.4. The lowest BCUT2D eigenvalue weighted by molar-refractivity contribution is -0.120. The molecule has 0 aromatic heterocycles. The number of anilines is 2. The van der Waals surface area contributed by atoms with Crippen LogP contribution < -0.4 is 24.4 Å². The standard InChI is InChI=1S/C27H26N2O5/c1-5-34-19-13-11-18(12-14-19)24-25(28-20-16-17(2)10-15-22(20)32-3)27(31)29(26(24)30)21-8-6-7-9-23(21)33-4/h6-16,28H,5H2,1-4H3. The molecule has 0 radical (unpaired) electrons. The predicted octanol–water partition coefficient (Wildman–Crippen LogP) is 4.81. The van der Waals surface area contributed by atoms with Crippen LogP contribution in [-0.4, -0.2) is 32.6 Å². The van der Waals surface area contributed by atoms with Crippen molar-refractivity contribution in [2.24, 2.45) is 0 Å². The summed E-state index contributed by atoms with van der Waals surface area (Å²) in [6, 6.07) is 19.6. The highest BCUT2D eigenvalue weighted by atomic mass is 16.5. The van der Waals surface area contributed by atoms with Crippen molar-refractivity contribution in [3.8, 4) is 17.2 Å². The SMILES string of the molecule is CCOc1ccc(C2=C(Nc3cc(C)ccc3OC)C(=O)N(c3ccccc3OC)C2=O)cc1. The summed E-state index contributed by atoms with van der Waals surface area (Å²) in [6.45, 7) is 4.37. The zero-order chi connectivity index (χ0) is 24.2. The van der Waals surface area contributed by atoms with Crippen LogP contribution in [0.15, 0.2) is 72.4 Å². The van der Waals surface area contributed by atoms with Gasteiger partial charge < -0.3 is 19.5 Å². The van der Waals surface area contributed by atoms with Gasteiger partial charge in [0.15, 0.2) is 0 Å². The summed E-state index contributed by atoms with van der Waals surface area (Å²) in [7, 11) is 3.06. The number of nitrogens with one attached hydrogen (secondary N) is 1. The van der Waals surface area contributed by atoms with Crippen LogP contribution in [0.5, 0.6) is 17.2 Å². The van der Waals surface area contributed by atoms with Gasteiger partial charge in [-0.2, -0.15) is 0 Å². The second-order valence-corrected chi connectivity index (χ2v) is 7.65. The Hall–Kier alpha value is -4.26. The number of hydrogen-bond acceptors (Lipinski definition) is 6. The molecule has 174 valence electrons. The quantitative estimate of drug-likeness (QED) is 0.489. The number of nitrogens with zero attached hydrogens (tertiary/aromatic N) is 1. The molecular weight excluding hydrogens is 432 g/mol. The molecule has 0 saturated heterocycles. The molecule has 2 amide bonds. The smallest absolute Gasteiger partial charge is 0.282 e. The first-order valence-electron chi connectivity index (χ1n) is 10.9. The lowest BCUT2D eigenvalue weighted by atomic mass is 10.0. The van der Waals surface area contributed by atoms with E-state index < -0.39 is 11.8 Å². The number of rotatable bonds is 8. The van der Waals surface area contributed by atoms with Crippen molar-refractivity contribution in [3.63, 3.8) is 0 Å². The Balaban J connectivity index is 1.85. The fourth-order valence-corrected chi connectivity index (χ4v) is 3.89. The molecule has 3 aromatic carbocycles. The summed E-state index contributed by atoms with van der Waals surface area (Å²) in [5.41, 5.74) is 2.94. The summed E-state index contributed by atoms with van der Waals surface area (Å²) in [5.74, 6) is 0.722. The van der Waals surface area contributed by atoms with Crippen LogP contribution in [0.1, 0.15) is 18.1 Å². The van der Waals surface area contributed by atoms with Crippen LogP contribution in [-0.2, 0) is 9.59 Å². The summed E-state index contributed by atoms with van der Waals surface area (Å²) in [6.07, 6.45) is 0. The van der Waals surface area contributed by atoms with Crippen molar-refractivity contribution >= 4 is 28.8 Å². The van der Waals surface area contributed by atoms with E-state index in [4.69, 9.17) is 14.2 Å². The molecule has 0 spiro atoms. The van der Waals surface area contributed by atoms with Gasteiger partial charge in [-0.1, -0.05) is 30.3 Å². The fraction of sp³-hybridized carbons (Fsp3) is 0.185. The highest BCUT2D eigenvalue weighted by Gasteiger charge is 2.41. The minimum absolute atomic E-state index is 0.156. The molecule has 34 heavy (non-hydrogen) atoms. The molecule has 0 saturated carbocycles. The number of benzene rings is 3. The maximum Gasteiger partial charge on any atom is 0.282 e. The zero-order valence-electron chi connectivity index (χ0n) is 19.5. The molecule has 0 fully saturated rings. The van der Waals surface area contributed by atoms with Crippen LogP contribution >= 0.6 is 0 Å². The number of ether oxygens (including phenoxy) is 3. The number of para-hydroxylation sites is 2. The molecule has 1 aliphatic rings. The van der Waals surface area contributed by atoms with E-state index in [9.17, 15) is 9.59 Å². The van der Waals surface area contributed by atoms with E-state index in [0.717, 1.165) is 10.5 Å². The van der Waals surface area contributed by atoms with Crippen molar-refractivity contribution in [1.29, 1.82) is 0 Å². The van der Waals surface area contributed by atoms with Crippen LogP contribution in [0.25, 0.3) is 5.57 Å². The monoisotopic (exact) mass is 458 g/mol. The topological polar surface area (TPSA) is 77.1 Å². The summed E-state index contributed by atoms with van der Waals surface area (Å²) >= 11 is 0. The van der Waals surface area contributed by atoms with Crippen molar-refractivity contribution in [3.05, 3.63) is 83.6 Å². The van der Waals surface area contributed by atoms with Gasteiger partial charge in [-0.05, 0) is 61.4 Å². The molecule has 0 atom stereocenters. The van der Waals surface area contributed by atoms with Gasteiger partial charge in [0.1, 0.15) is 22.9 Å². The first-order chi connectivity index (χ1) is 16.5. The number of methoxy groups -OCH3 is 2. The molecule has 0 unspecified atom stereocenters. The van der Waals surface area contributed by atoms with E-state index >= 15 is 0 Å². The lowest BCUT2D eigenvalue weighted by Crippen LogP contribution is -2.32. The molecule has 0 bridgehead atoms. The van der Waals surface area contributed by atoms with Gasteiger partial charge in [-0.25, -0.2) is 4.90 Å². The van der Waals surface area contributed by atoms with E-state index in [2.05, 4.69) is 5.32 Å². The number of carbonyl (C=O) groups excluding carboxylic acids is 2. The van der Waals surface area contributed by atoms with Crippen LogP contribution in [0, 0.1) is 6.92 Å². The Morgan fingerprint density at radius 2 is 1.56 bits per heavy atom. The first kappa shape index (κ1) is 22.9. The number of imide groups is 1. The molecule has 4 rings (SSSR count). The predicted molar refractivity (Wildman–Crippen MR) is 131 cm³/mol. The van der Waals surface area contributed by atoms with Gasteiger partial charge in [0.2, 0.25) is 0 Å². The van der Waals surface area contributed by atoms with Gasteiger partial charge in [-0.3, -0.25) is 9.59 Å². The number of carbonyl (C=O) groups is 2. The van der Waals surface area contributed by atoms with E-state index in [-0.39, 0.29) is 11.3 Å². The number of aryl methyl sites for hydroxylation is 1. The first-order valence-corrected chi connectivity index (χ1v) is 10.9. The van der Waals surface area contributed by atoms with Crippen molar-refractivity contribution in [2.45, 2.75) is 13.8 Å². The maximum atomic E-state index is 13.7. The van der Waals surface area contributed by atoms with Crippen molar-refractivity contribution in [2.75, 3.05) is 31.0 Å². The maximum absolute atomic E-state index is 13.7. The van der Waals surface area contributed by atoms with Crippen molar-refractivity contribution in [1.82, 2.24) is 0 Å². The van der Waals surface area contributed by atoms with Gasteiger partial charge in [0.05, 0.1) is 37.8 Å². The Kier molecular flexibility index (Phi) is 6.54. The average molecular weight is 459 g/mol. The van der Waals surface area contributed by atoms with E-state index in [1.165, 1.54) is 7.11 Å². The lowest BCUT2D eigenvalue weighted by Gasteiger charge is -2.18. The normalized spacial score (nSPS) is 13.4. The Bertz CT molecular complexity index is 1260. The Labute approximate surface area is 198 Å². The number of hydrogen-bond donors (Lipinski definition) is 1. The largest absolute Gasteiger partial charge is 0.495 e. The molecule has 0 aliphatic carbocycles. The molecule has 7 nitrogen and oxygen atoms in total. The zero-order valence-corrected chi connectivity index (χ0v) is 19.5. The third kappa shape index (κ3) is 4.20. The second-order valence-electron chi connectivity index (χ2n) is 7.65. The van der Waals surface area contributed by atoms with Crippen LogP contribution in [0.2, 0.25) is 0 Å². The molecule has 1 aliphatic heterocycles. The van der Waals surface area contributed by atoms with Crippen LogP contribution in [0.3, 0.4) is 0 Å². The van der Waals surface area contributed by atoms with Crippen molar-refractivity contribution < 1.29 is 23.8 Å². The Morgan fingerprint density at radius 1 is 0.853 bits per heavy atom. The van der Waals surface area contributed by atoms with E-state index in [1.54, 1.807) is 55.6 Å². The minimum atomic E-state index is -0.484.